The number of allylic oxidation sites excluding steroid dienone is 11. The number of unbranched alkanes of at least 4 members (excludes halogenated alkanes) is 6. The van der Waals surface area contributed by atoms with Gasteiger partial charge in [0, 0.05) is 6.42 Å². The summed E-state index contributed by atoms with van der Waals surface area (Å²) in [7, 11) is 1.49. The molecule has 0 rings (SSSR count). The van der Waals surface area contributed by atoms with Crippen molar-refractivity contribution in [1.29, 1.82) is 0 Å². The normalized spacial score (nSPS) is 15.7. The van der Waals surface area contributed by atoms with Crippen molar-refractivity contribution in [2.45, 2.75) is 116 Å². The Hall–Kier alpha value is -2.06. The zero-order valence-electron chi connectivity index (χ0n) is 29.5. The van der Waals surface area contributed by atoms with Crippen LogP contribution in [0.15, 0.2) is 72.9 Å². The van der Waals surface area contributed by atoms with Crippen molar-refractivity contribution in [1.82, 2.24) is 5.32 Å². The standard InChI is InChI=1S/C37H65N2O6P/c1-6-8-10-12-14-16-18-19-21-23-25-27-29-31-37(41)38-35(34-45-46(42,43)44-33-32-39(3,4)5)36(40)30-28-26-24-22-20-17-15-13-11-9-7-2/h8,10,14,16,19-22,25,27-28,30,35-36,40H,6-7,9,11-13,15,17-18,23-24,26,29,31-34H2,1-5H3,(H-,38,41,42,43)/p+1/b10-8-,16-14-,21-19-,22-20+,27-25-,30-28+. The molecule has 0 aromatic rings. The quantitative estimate of drug-likeness (QED) is 0.0320. The SMILES string of the molecule is CC/C=C\C/C=C\C/C=C\C/C=C\CCC(=O)NC(COP(=O)(O)OCC[N+](C)(C)C)C(O)/C=C/CC/C=C/CCCCCCC. The fourth-order valence-electron chi connectivity index (χ4n) is 4.12. The van der Waals surface area contributed by atoms with Gasteiger partial charge in [0.15, 0.2) is 0 Å². The molecule has 0 fully saturated rings. The maximum absolute atomic E-state index is 12.7. The fourth-order valence-corrected chi connectivity index (χ4v) is 4.86. The molecule has 0 aromatic heterocycles. The number of phosphoric ester groups is 1. The van der Waals surface area contributed by atoms with Gasteiger partial charge in [-0.05, 0) is 57.8 Å². The second kappa shape index (κ2) is 29.1. The number of carbonyl (C=O) groups is 1. The van der Waals surface area contributed by atoms with Crippen molar-refractivity contribution in [3.63, 3.8) is 0 Å². The maximum Gasteiger partial charge on any atom is 0.472 e. The van der Waals surface area contributed by atoms with Crippen molar-refractivity contribution in [3.8, 4) is 0 Å². The maximum atomic E-state index is 12.7. The van der Waals surface area contributed by atoms with Gasteiger partial charge in [-0.15, -0.1) is 0 Å². The number of aliphatic hydroxyl groups excluding tert-OH is 1. The Morgan fingerprint density at radius 2 is 1.33 bits per heavy atom. The van der Waals surface area contributed by atoms with Crippen LogP contribution in [0.2, 0.25) is 0 Å². The minimum atomic E-state index is -4.35. The van der Waals surface area contributed by atoms with Gasteiger partial charge in [0.25, 0.3) is 0 Å². The summed E-state index contributed by atoms with van der Waals surface area (Å²) >= 11 is 0. The van der Waals surface area contributed by atoms with Gasteiger partial charge in [0.1, 0.15) is 13.2 Å². The number of hydrogen-bond acceptors (Lipinski definition) is 5. The molecule has 3 atom stereocenters. The number of nitrogens with one attached hydrogen (secondary N) is 1. The first-order valence-electron chi connectivity index (χ1n) is 17.3. The van der Waals surface area contributed by atoms with Crippen molar-refractivity contribution in [2.75, 3.05) is 40.9 Å². The zero-order chi connectivity index (χ0) is 34.4. The van der Waals surface area contributed by atoms with Crippen molar-refractivity contribution in [3.05, 3.63) is 72.9 Å². The molecule has 0 aliphatic heterocycles. The second-order valence-corrected chi connectivity index (χ2v) is 13.9. The van der Waals surface area contributed by atoms with Gasteiger partial charge in [-0.3, -0.25) is 13.8 Å². The third kappa shape index (κ3) is 30.6. The molecule has 0 radical (unpaired) electrons. The summed E-state index contributed by atoms with van der Waals surface area (Å²) in [6.07, 6.45) is 37.1. The Morgan fingerprint density at radius 1 is 0.761 bits per heavy atom. The van der Waals surface area contributed by atoms with Crippen LogP contribution in [0.1, 0.15) is 104 Å². The molecule has 0 saturated heterocycles. The van der Waals surface area contributed by atoms with Crippen LogP contribution in [0, 0.1) is 0 Å². The van der Waals surface area contributed by atoms with E-state index in [1.165, 1.54) is 32.1 Å². The predicted octanol–water partition coefficient (Wildman–Crippen LogP) is 8.51. The fraction of sp³-hybridized carbons (Fsp3) is 0.649. The van der Waals surface area contributed by atoms with E-state index in [4.69, 9.17) is 9.05 Å². The molecule has 0 aromatic carbocycles. The lowest BCUT2D eigenvalue weighted by molar-refractivity contribution is -0.870. The summed E-state index contributed by atoms with van der Waals surface area (Å²) < 4.78 is 23.3. The number of phosphoric acid groups is 1. The number of quaternary nitrogens is 1. The van der Waals surface area contributed by atoms with E-state index in [0.717, 1.165) is 44.9 Å². The lowest BCUT2D eigenvalue weighted by Gasteiger charge is -2.25. The molecule has 3 N–H and O–H groups in total. The second-order valence-electron chi connectivity index (χ2n) is 12.5. The zero-order valence-corrected chi connectivity index (χ0v) is 30.4. The lowest BCUT2D eigenvalue weighted by atomic mass is 10.1. The largest absolute Gasteiger partial charge is 0.472 e. The summed E-state index contributed by atoms with van der Waals surface area (Å²) in [6.45, 7) is 4.54. The van der Waals surface area contributed by atoms with Crippen LogP contribution in [-0.2, 0) is 18.4 Å². The van der Waals surface area contributed by atoms with Crippen LogP contribution in [0.25, 0.3) is 0 Å². The van der Waals surface area contributed by atoms with E-state index in [9.17, 15) is 19.4 Å². The van der Waals surface area contributed by atoms with Crippen LogP contribution in [0.4, 0.5) is 0 Å². The van der Waals surface area contributed by atoms with Gasteiger partial charge in [-0.2, -0.15) is 0 Å². The number of likely N-dealkylation sites (N-methyl/N-ethyl adjacent to an activating group) is 1. The van der Waals surface area contributed by atoms with Gasteiger partial charge >= 0.3 is 7.82 Å². The Bertz CT molecular complexity index is 981. The van der Waals surface area contributed by atoms with Gasteiger partial charge < -0.3 is 19.8 Å². The smallest absolute Gasteiger partial charge is 0.387 e. The number of hydrogen-bond donors (Lipinski definition) is 3. The highest BCUT2D eigenvalue weighted by Gasteiger charge is 2.27. The molecule has 264 valence electrons. The van der Waals surface area contributed by atoms with Crippen LogP contribution in [0.3, 0.4) is 0 Å². The van der Waals surface area contributed by atoms with Crippen LogP contribution in [-0.4, -0.2) is 73.4 Å². The molecule has 9 heteroatoms. The molecule has 46 heavy (non-hydrogen) atoms. The topological polar surface area (TPSA) is 105 Å². The lowest BCUT2D eigenvalue weighted by Crippen LogP contribution is -2.45. The predicted molar refractivity (Wildman–Crippen MR) is 193 cm³/mol. The van der Waals surface area contributed by atoms with Crippen LogP contribution < -0.4 is 5.32 Å². The molecule has 8 nitrogen and oxygen atoms in total. The summed E-state index contributed by atoms with van der Waals surface area (Å²) in [5.74, 6) is -0.274. The first-order valence-corrected chi connectivity index (χ1v) is 18.8. The summed E-state index contributed by atoms with van der Waals surface area (Å²) in [5, 5.41) is 13.6. The number of aliphatic hydroxyl groups is 1. The Morgan fingerprint density at radius 3 is 1.96 bits per heavy atom. The highest BCUT2D eigenvalue weighted by Crippen LogP contribution is 2.43. The van der Waals surface area contributed by atoms with Gasteiger partial charge in [-0.25, -0.2) is 4.57 Å². The van der Waals surface area contributed by atoms with Gasteiger partial charge in [-0.1, -0.05) is 112 Å². The highest BCUT2D eigenvalue weighted by atomic mass is 31.2. The van der Waals surface area contributed by atoms with Crippen molar-refractivity contribution in [2.24, 2.45) is 0 Å². The minimum Gasteiger partial charge on any atom is -0.387 e. The molecule has 1 amide bonds. The van der Waals surface area contributed by atoms with Crippen molar-refractivity contribution >= 4 is 13.7 Å². The summed E-state index contributed by atoms with van der Waals surface area (Å²) in [4.78, 5) is 22.8. The molecule has 0 aliphatic rings. The summed E-state index contributed by atoms with van der Waals surface area (Å²) in [5.41, 5.74) is 0. The van der Waals surface area contributed by atoms with E-state index in [-0.39, 0.29) is 25.5 Å². The molecule has 0 aliphatic carbocycles. The van der Waals surface area contributed by atoms with E-state index in [1.54, 1.807) is 6.08 Å². The van der Waals surface area contributed by atoms with Crippen LogP contribution in [0.5, 0.6) is 0 Å². The van der Waals surface area contributed by atoms with E-state index in [0.29, 0.717) is 17.4 Å². The number of amides is 1. The third-order valence-electron chi connectivity index (χ3n) is 6.92. The molecule has 0 saturated carbocycles. The number of rotatable bonds is 29. The third-order valence-corrected chi connectivity index (χ3v) is 7.91. The Labute approximate surface area is 281 Å². The van der Waals surface area contributed by atoms with Gasteiger partial charge in [0.2, 0.25) is 5.91 Å². The molecular formula is C37H66N2O6P+. The van der Waals surface area contributed by atoms with E-state index in [2.05, 4.69) is 67.8 Å². The Balaban J connectivity index is 4.81. The van der Waals surface area contributed by atoms with E-state index < -0.39 is 20.0 Å². The first-order chi connectivity index (χ1) is 22.0. The first kappa shape index (κ1) is 43.9. The monoisotopic (exact) mass is 665 g/mol. The molecule has 0 heterocycles. The average molecular weight is 666 g/mol. The Kier molecular flexibility index (Phi) is 27.8. The molecule has 0 spiro atoms. The molecule has 0 bridgehead atoms. The van der Waals surface area contributed by atoms with Gasteiger partial charge in [0.05, 0.1) is 39.9 Å². The summed E-state index contributed by atoms with van der Waals surface area (Å²) in [6, 6.07) is -0.901. The minimum absolute atomic E-state index is 0.0396. The van der Waals surface area contributed by atoms with Crippen molar-refractivity contribution < 1.29 is 32.9 Å². The molecule has 3 unspecified atom stereocenters. The van der Waals surface area contributed by atoms with Crippen LogP contribution >= 0.6 is 7.82 Å². The van der Waals surface area contributed by atoms with E-state index in [1.807, 2.05) is 39.4 Å². The number of carbonyl (C=O) groups excluding carboxylic acids is 1. The van der Waals surface area contributed by atoms with E-state index >= 15 is 0 Å². The molecular weight excluding hydrogens is 599 g/mol. The highest BCUT2D eigenvalue weighted by molar-refractivity contribution is 7.47. The average Bonchev–Trinajstić information content (AvgIpc) is 2.99. The number of nitrogens with zero attached hydrogens (tertiary/aromatic N) is 1.